The summed E-state index contributed by atoms with van der Waals surface area (Å²) in [5.74, 6) is 0. The molecule has 0 aromatic carbocycles. The van der Waals surface area contributed by atoms with E-state index in [0.717, 1.165) is 13.2 Å². The quantitative estimate of drug-likeness (QED) is 0.652. The van der Waals surface area contributed by atoms with Gasteiger partial charge in [0.05, 0.1) is 6.61 Å². The third-order valence-corrected chi connectivity index (χ3v) is 2.06. The van der Waals surface area contributed by atoms with Crippen LogP contribution in [-0.4, -0.2) is 38.3 Å². The highest BCUT2D eigenvalue weighted by Crippen LogP contribution is 2.07. The fourth-order valence-corrected chi connectivity index (χ4v) is 1.40. The van der Waals surface area contributed by atoms with Crippen molar-refractivity contribution in [2.45, 2.75) is 19.3 Å². The molecular weight excluding hydrogens is 162 g/mol. The highest BCUT2D eigenvalue weighted by atomic mass is 35.5. The predicted molar refractivity (Wildman–Crippen MR) is 49.4 cm³/mol. The summed E-state index contributed by atoms with van der Waals surface area (Å²) in [6, 6.07) is 0. The molecule has 0 aliphatic carbocycles. The topological polar surface area (TPSA) is 12.5 Å². The summed E-state index contributed by atoms with van der Waals surface area (Å²) in [5.41, 5.74) is 0. The molecule has 1 saturated heterocycles. The van der Waals surface area contributed by atoms with Crippen molar-refractivity contribution >= 4 is 12.4 Å². The van der Waals surface area contributed by atoms with Gasteiger partial charge in [-0.25, -0.2) is 0 Å². The van der Waals surface area contributed by atoms with Crippen molar-refractivity contribution in [3.05, 3.63) is 0 Å². The van der Waals surface area contributed by atoms with Crippen LogP contribution < -0.4 is 0 Å². The van der Waals surface area contributed by atoms with Crippen molar-refractivity contribution in [2.75, 3.05) is 33.4 Å². The Hall–Kier alpha value is 0.210. The highest BCUT2D eigenvalue weighted by Gasteiger charge is 2.08. The zero-order valence-electron chi connectivity index (χ0n) is 7.21. The average Bonchev–Trinajstić information content (AvgIpc) is 2.03. The third kappa shape index (κ3) is 4.62. The molecule has 68 valence electrons. The molecule has 0 atom stereocenters. The molecule has 0 aromatic heterocycles. The standard InChI is InChI=1S/C8H17NO.ClH/c1-10-8-7-9-5-3-2-4-6-9;/h2-8H2,1H3;1H. The summed E-state index contributed by atoms with van der Waals surface area (Å²) in [4.78, 5) is 2.48. The van der Waals surface area contributed by atoms with E-state index in [4.69, 9.17) is 4.74 Å². The molecule has 1 aliphatic rings. The monoisotopic (exact) mass is 179 g/mol. The Bertz CT molecular complexity index is 84.2. The van der Waals surface area contributed by atoms with Crippen LogP contribution in [0.2, 0.25) is 0 Å². The van der Waals surface area contributed by atoms with Gasteiger partial charge in [0.1, 0.15) is 0 Å². The molecule has 0 amide bonds. The lowest BCUT2D eigenvalue weighted by molar-refractivity contribution is 0.135. The van der Waals surface area contributed by atoms with Crippen molar-refractivity contribution < 1.29 is 4.74 Å². The van der Waals surface area contributed by atoms with Crippen molar-refractivity contribution in [3.8, 4) is 0 Å². The number of rotatable bonds is 3. The van der Waals surface area contributed by atoms with Gasteiger partial charge in [0.25, 0.3) is 0 Å². The molecule has 2 nitrogen and oxygen atoms in total. The van der Waals surface area contributed by atoms with Gasteiger partial charge in [-0.3, -0.25) is 0 Å². The van der Waals surface area contributed by atoms with Gasteiger partial charge in [-0.2, -0.15) is 0 Å². The number of methoxy groups -OCH3 is 1. The Balaban J connectivity index is 0.000001000. The van der Waals surface area contributed by atoms with Gasteiger partial charge < -0.3 is 9.64 Å². The molecule has 0 unspecified atom stereocenters. The molecule has 1 fully saturated rings. The number of hydrogen-bond donors (Lipinski definition) is 0. The number of halogens is 1. The maximum atomic E-state index is 5.00. The molecule has 3 heteroatoms. The Morgan fingerprint density at radius 3 is 2.36 bits per heavy atom. The first-order chi connectivity index (χ1) is 4.93. The highest BCUT2D eigenvalue weighted by molar-refractivity contribution is 5.85. The van der Waals surface area contributed by atoms with Crippen molar-refractivity contribution in [3.63, 3.8) is 0 Å². The van der Waals surface area contributed by atoms with E-state index in [-0.39, 0.29) is 12.4 Å². The minimum atomic E-state index is 0. The first kappa shape index (κ1) is 11.2. The second-order valence-corrected chi connectivity index (χ2v) is 2.90. The summed E-state index contributed by atoms with van der Waals surface area (Å²) in [5, 5.41) is 0. The smallest absolute Gasteiger partial charge is 0.0589 e. The lowest BCUT2D eigenvalue weighted by atomic mass is 10.1. The Morgan fingerprint density at radius 1 is 1.18 bits per heavy atom. The lowest BCUT2D eigenvalue weighted by Gasteiger charge is -2.25. The first-order valence-corrected chi connectivity index (χ1v) is 4.15. The number of hydrogen-bond acceptors (Lipinski definition) is 2. The molecular formula is C8H18ClNO. The van der Waals surface area contributed by atoms with Crippen LogP contribution in [0.5, 0.6) is 0 Å². The zero-order chi connectivity index (χ0) is 7.23. The second-order valence-electron chi connectivity index (χ2n) is 2.90. The number of piperidine rings is 1. The minimum Gasteiger partial charge on any atom is -0.383 e. The first-order valence-electron chi connectivity index (χ1n) is 4.15. The fraction of sp³-hybridized carbons (Fsp3) is 1.00. The van der Waals surface area contributed by atoms with Gasteiger partial charge in [0.2, 0.25) is 0 Å². The van der Waals surface area contributed by atoms with Crippen molar-refractivity contribution in [2.24, 2.45) is 0 Å². The normalized spacial score (nSPS) is 19.4. The van der Waals surface area contributed by atoms with Gasteiger partial charge in [-0.15, -0.1) is 12.4 Å². The van der Waals surface area contributed by atoms with Crippen LogP contribution in [0.15, 0.2) is 0 Å². The van der Waals surface area contributed by atoms with Crippen LogP contribution in [0.25, 0.3) is 0 Å². The van der Waals surface area contributed by atoms with Crippen LogP contribution in [-0.2, 0) is 4.74 Å². The molecule has 0 aromatic rings. The van der Waals surface area contributed by atoms with Crippen LogP contribution in [0.3, 0.4) is 0 Å². The molecule has 0 radical (unpaired) electrons. The number of likely N-dealkylation sites (tertiary alicyclic amines) is 1. The van der Waals surface area contributed by atoms with Gasteiger partial charge in [-0.1, -0.05) is 6.42 Å². The average molecular weight is 180 g/mol. The molecule has 1 heterocycles. The predicted octanol–water partition coefficient (Wildman–Crippen LogP) is 1.54. The largest absolute Gasteiger partial charge is 0.383 e. The fourth-order valence-electron chi connectivity index (χ4n) is 1.40. The van der Waals surface area contributed by atoms with Crippen molar-refractivity contribution in [1.29, 1.82) is 0 Å². The van der Waals surface area contributed by atoms with E-state index in [2.05, 4.69) is 4.90 Å². The lowest BCUT2D eigenvalue weighted by Crippen LogP contribution is -2.32. The Kier molecular flexibility index (Phi) is 7.02. The molecule has 0 spiro atoms. The van der Waals surface area contributed by atoms with Gasteiger partial charge in [-0.05, 0) is 25.9 Å². The SMILES string of the molecule is COCCN1CCCCC1.Cl. The Morgan fingerprint density at radius 2 is 1.82 bits per heavy atom. The summed E-state index contributed by atoms with van der Waals surface area (Å²) < 4.78 is 5.00. The van der Waals surface area contributed by atoms with E-state index in [9.17, 15) is 0 Å². The maximum Gasteiger partial charge on any atom is 0.0589 e. The summed E-state index contributed by atoms with van der Waals surface area (Å²) in [6.45, 7) is 4.57. The molecule has 1 rings (SSSR count). The van der Waals surface area contributed by atoms with E-state index in [0.29, 0.717) is 0 Å². The zero-order valence-corrected chi connectivity index (χ0v) is 8.03. The van der Waals surface area contributed by atoms with Crippen LogP contribution in [0, 0.1) is 0 Å². The van der Waals surface area contributed by atoms with E-state index in [1.165, 1.54) is 32.4 Å². The van der Waals surface area contributed by atoms with Gasteiger partial charge in [0, 0.05) is 13.7 Å². The van der Waals surface area contributed by atoms with E-state index < -0.39 is 0 Å². The third-order valence-electron chi connectivity index (χ3n) is 2.06. The summed E-state index contributed by atoms with van der Waals surface area (Å²) >= 11 is 0. The summed E-state index contributed by atoms with van der Waals surface area (Å²) in [6.07, 6.45) is 4.18. The van der Waals surface area contributed by atoms with Crippen LogP contribution in [0.4, 0.5) is 0 Å². The molecule has 0 N–H and O–H groups in total. The molecule has 1 aliphatic heterocycles. The molecule has 11 heavy (non-hydrogen) atoms. The van der Waals surface area contributed by atoms with E-state index >= 15 is 0 Å². The van der Waals surface area contributed by atoms with Gasteiger partial charge >= 0.3 is 0 Å². The number of ether oxygens (including phenoxy) is 1. The summed E-state index contributed by atoms with van der Waals surface area (Å²) in [7, 11) is 1.77. The van der Waals surface area contributed by atoms with Gasteiger partial charge in [0.15, 0.2) is 0 Å². The Labute approximate surface area is 75.3 Å². The van der Waals surface area contributed by atoms with Crippen LogP contribution >= 0.6 is 12.4 Å². The molecule has 0 bridgehead atoms. The van der Waals surface area contributed by atoms with Crippen molar-refractivity contribution in [1.82, 2.24) is 4.90 Å². The minimum absolute atomic E-state index is 0. The van der Waals surface area contributed by atoms with E-state index in [1.54, 1.807) is 7.11 Å². The van der Waals surface area contributed by atoms with E-state index in [1.807, 2.05) is 0 Å². The maximum absolute atomic E-state index is 5.00. The molecule has 0 saturated carbocycles. The number of nitrogens with zero attached hydrogens (tertiary/aromatic N) is 1. The van der Waals surface area contributed by atoms with Crippen LogP contribution in [0.1, 0.15) is 19.3 Å². The second kappa shape index (κ2) is 6.89.